The van der Waals surface area contributed by atoms with Crippen molar-refractivity contribution in [1.82, 2.24) is 0 Å². The Labute approximate surface area is 98.5 Å². The van der Waals surface area contributed by atoms with E-state index in [1.54, 1.807) is 0 Å². The molecule has 1 aromatic rings. The zero-order valence-electron chi connectivity index (χ0n) is 10.5. The Balaban J connectivity index is 2.89. The summed E-state index contributed by atoms with van der Waals surface area (Å²) in [5, 5.41) is 10.2. The second-order valence-electron chi connectivity index (χ2n) is 4.63. The fourth-order valence-electron chi connectivity index (χ4n) is 2.01. The molecule has 0 aliphatic rings. The van der Waals surface area contributed by atoms with E-state index in [1.165, 1.54) is 5.56 Å². The summed E-state index contributed by atoms with van der Waals surface area (Å²) in [4.78, 5) is 0. The van der Waals surface area contributed by atoms with Gasteiger partial charge in [0.25, 0.3) is 0 Å². The third kappa shape index (κ3) is 3.06. The van der Waals surface area contributed by atoms with E-state index in [9.17, 15) is 5.11 Å². The minimum absolute atomic E-state index is 0.0508. The lowest BCUT2D eigenvalue weighted by Crippen LogP contribution is -2.31. The highest BCUT2D eigenvalue weighted by Gasteiger charge is 2.23. The Morgan fingerprint density at radius 2 is 2.06 bits per heavy atom. The molecule has 1 aromatic carbocycles. The third-order valence-corrected chi connectivity index (χ3v) is 3.36. The van der Waals surface area contributed by atoms with Gasteiger partial charge < -0.3 is 10.8 Å². The van der Waals surface area contributed by atoms with Gasteiger partial charge in [0.15, 0.2) is 0 Å². The van der Waals surface area contributed by atoms with Crippen LogP contribution >= 0.6 is 0 Å². The van der Waals surface area contributed by atoms with E-state index in [0.29, 0.717) is 6.54 Å². The summed E-state index contributed by atoms with van der Waals surface area (Å²) >= 11 is 0. The molecule has 0 saturated carbocycles. The Hall–Kier alpha value is -0.860. The van der Waals surface area contributed by atoms with Crippen molar-refractivity contribution < 1.29 is 5.11 Å². The van der Waals surface area contributed by atoms with Gasteiger partial charge in [-0.05, 0) is 18.4 Å². The number of nitrogens with two attached hydrogens (primary N) is 1. The molecular weight excluding hydrogens is 198 g/mol. The summed E-state index contributed by atoms with van der Waals surface area (Å²) in [6.07, 6.45) is 0.625. The van der Waals surface area contributed by atoms with E-state index in [4.69, 9.17) is 5.73 Å². The van der Waals surface area contributed by atoms with Crippen LogP contribution in [0.1, 0.15) is 37.3 Å². The van der Waals surface area contributed by atoms with Gasteiger partial charge in [0.2, 0.25) is 0 Å². The molecule has 0 aliphatic carbocycles. The molecule has 3 atom stereocenters. The van der Waals surface area contributed by atoms with E-state index in [1.807, 2.05) is 6.07 Å². The first-order chi connectivity index (χ1) is 7.60. The second kappa shape index (κ2) is 6.02. The molecule has 0 bridgehead atoms. The molecule has 0 aliphatic heterocycles. The zero-order valence-corrected chi connectivity index (χ0v) is 10.5. The Bertz CT molecular complexity index is 324. The SMILES string of the molecule is CCC(C)C(O)C(CN)c1cccc(C)c1. The molecule has 2 nitrogen and oxygen atoms in total. The van der Waals surface area contributed by atoms with Crippen LogP contribution in [0, 0.1) is 12.8 Å². The minimum Gasteiger partial charge on any atom is -0.392 e. The fourth-order valence-corrected chi connectivity index (χ4v) is 2.01. The number of aliphatic hydroxyl groups is 1. The van der Waals surface area contributed by atoms with Crippen molar-refractivity contribution in [2.75, 3.05) is 6.54 Å². The molecule has 0 radical (unpaired) electrons. The van der Waals surface area contributed by atoms with E-state index in [0.717, 1.165) is 12.0 Å². The summed E-state index contributed by atoms with van der Waals surface area (Å²) in [7, 11) is 0. The second-order valence-corrected chi connectivity index (χ2v) is 4.63. The Morgan fingerprint density at radius 1 is 1.38 bits per heavy atom. The highest BCUT2D eigenvalue weighted by atomic mass is 16.3. The molecule has 2 heteroatoms. The minimum atomic E-state index is -0.350. The number of hydrogen-bond acceptors (Lipinski definition) is 2. The van der Waals surface area contributed by atoms with Gasteiger partial charge in [0.1, 0.15) is 0 Å². The van der Waals surface area contributed by atoms with Crippen LogP contribution in [0.4, 0.5) is 0 Å². The van der Waals surface area contributed by atoms with E-state index >= 15 is 0 Å². The van der Waals surface area contributed by atoms with Crippen LogP contribution in [0.25, 0.3) is 0 Å². The Morgan fingerprint density at radius 3 is 2.56 bits per heavy atom. The molecule has 0 heterocycles. The maximum Gasteiger partial charge on any atom is 0.0646 e. The van der Waals surface area contributed by atoms with Gasteiger partial charge in [-0.1, -0.05) is 50.1 Å². The molecule has 0 fully saturated rings. The standard InChI is InChI=1S/C14H23NO/c1-4-11(3)14(16)13(9-15)12-7-5-6-10(2)8-12/h5-8,11,13-14,16H,4,9,15H2,1-3H3. The van der Waals surface area contributed by atoms with Crippen LogP contribution < -0.4 is 5.73 Å². The summed E-state index contributed by atoms with van der Waals surface area (Å²) in [5.41, 5.74) is 8.15. The van der Waals surface area contributed by atoms with Gasteiger partial charge in [-0.3, -0.25) is 0 Å². The predicted octanol–water partition coefficient (Wildman–Crippen LogP) is 2.44. The van der Waals surface area contributed by atoms with Crippen molar-refractivity contribution in [2.24, 2.45) is 11.7 Å². The number of benzene rings is 1. The first kappa shape index (κ1) is 13.2. The highest BCUT2D eigenvalue weighted by molar-refractivity contribution is 5.26. The van der Waals surface area contributed by atoms with Gasteiger partial charge >= 0.3 is 0 Å². The van der Waals surface area contributed by atoms with Crippen LogP contribution in [0.15, 0.2) is 24.3 Å². The first-order valence-electron chi connectivity index (χ1n) is 6.04. The maximum absolute atomic E-state index is 10.2. The quantitative estimate of drug-likeness (QED) is 0.802. The van der Waals surface area contributed by atoms with Crippen LogP contribution in [-0.2, 0) is 0 Å². The average Bonchev–Trinajstić information content (AvgIpc) is 2.29. The molecule has 0 aromatic heterocycles. The molecular formula is C14H23NO. The summed E-state index contributed by atoms with van der Waals surface area (Å²) in [6.45, 7) is 6.72. The molecule has 3 unspecified atom stereocenters. The lowest BCUT2D eigenvalue weighted by Gasteiger charge is -2.26. The van der Waals surface area contributed by atoms with Crippen LogP contribution in [0.3, 0.4) is 0 Å². The summed E-state index contributed by atoms with van der Waals surface area (Å²) < 4.78 is 0. The topological polar surface area (TPSA) is 46.2 Å². The molecule has 0 saturated heterocycles. The summed E-state index contributed by atoms with van der Waals surface area (Å²) in [6, 6.07) is 8.25. The third-order valence-electron chi connectivity index (χ3n) is 3.36. The van der Waals surface area contributed by atoms with Gasteiger partial charge in [-0.2, -0.15) is 0 Å². The van der Waals surface area contributed by atoms with E-state index in [-0.39, 0.29) is 17.9 Å². The van der Waals surface area contributed by atoms with Gasteiger partial charge in [0, 0.05) is 12.5 Å². The largest absolute Gasteiger partial charge is 0.392 e. The number of rotatable bonds is 5. The van der Waals surface area contributed by atoms with Crippen molar-refractivity contribution in [1.29, 1.82) is 0 Å². The molecule has 90 valence electrons. The van der Waals surface area contributed by atoms with Crippen molar-refractivity contribution in [3.05, 3.63) is 35.4 Å². The van der Waals surface area contributed by atoms with E-state index in [2.05, 4.69) is 39.0 Å². The Kier molecular flexibility index (Phi) is 4.97. The maximum atomic E-state index is 10.2. The van der Waals surface area contributed by atoms with Crippen LogP contribution in [0.5, 0.6) is 0 Å². The van der Waals surface area contributed by atoms with Crippen molar-refractivity contribution in [2.45, 2.75) is 39.2 Å². The number of aliphatic hydroxyl groups excluding tert-OH is 1. The smallest absolute Gasteiger partial charge is 0.0646 e. The van der Waals surface area contributed by atoms with E-state index < -0.39 is 0 Å². The first-order valence-corrected chi connectivity index (χ1v) is 6.04. The summed E-state index contributed by atoms with van der Waals surface area (Å²) in [5.74, 6) is 0.337. The number of hydrogen-bond donors (Lipinski definition) is 2. The highest BCUT2D eigenvalue weighted by Crippen LogP contribution is 2.25. The lowest BCUT2D eigenvalue weighted by atomic mass is 9.85. The van der Waals surface area contributed by atoms with Crippen molar-refractivity contribution in [3.63, 3.8) is 0 Å². The van der Waals surface area contributed by atoms with Crippen molar-refractivity contribution in [3.8, 4) is 0 Å². The zero-order chi connectivity index (χ0) is 12.1. The molecule has 16 heavy (non-hydrogen) atoms. The molecule has 0 amide bonds. The van der Waals surface area contributed by atoms with Gasteiger partial charge in [-0.25, -0.2) is 0 Å². The number of aryl methyl sites for hydroxylation is 1. The van der Waals surface area contributed by atoms with Crippen LogP contribution in [-0.4, -0.2) is 17.8 Å². The van der Waals surface area contributed by atoms with Crippen molar-refractivity contribution >= 4 is 0 Å². The fraction of sp³-hybridized carbons (Fsp3) is 0.571. The predicted molar refractivity (Wildman–Crippen MR) is 68.4 cm³/mol. The van der Waals surface area contributed by atoms with Gasteiger partial charge in [-0.15, -0.1) is 0 Å². The van der Waals surface area contributed by atoms with Crippen LogP contribution in [0.2, 0.25) is 0 Å². The monoisotopic (exact) mass is 221 g/mol. The molecule has 0 spiro atoms. The lowest BCUT2D eigenvalue weighted by molar-refractivity contribution is 0.0886. The normalized spacial score (nSPS) is 16.8. The molecule has 3 N–H and O–H groups in total. The van der Waals surface area contributed by atoms with Gasteiger partial charge in [0.05, 0.1) is 6.10 Å². The average molecular weight is 221 g/mol. The molecule has 1 rings (SSSR count).